The minimum absolute atomic E-state index is 0.188. The van der Waals surface area contributed by atoms with Crippen molar-refractivity contribution in [3.8, 4) is 0 Å². The molecule has 5 nitrogen and oxygen atoms in total. The van der Waals surface area contributed by atoms with E-state index in [1.807, 2.05) is 72.8 Å². The molecule has 5 atom stereocenters. The van der Waals surface area contributed by atoms with E-state index in [2.05, 4.69) is 69.3 Å². The van der Waals surface area contributed by atoms with Gasteiger partial charge in [-0.05, 0) is 33.0 Å². The van der Waals surface area contributed by atoms with Gasteiger partial charge in [0, 0.05) is 12.5 Å². The Balaban J connectivity index is 1.48. The summed E-state index contributed by atoms with van der Waals surface area (Å²) in [5.41, 5.74) is 2.04. The zero-order valence-electron chi connectivity index (χ0n) is 25.4. The number of rotatable bonds is 11. The SMILES string of the molecule is CC(C)(C)[Si](OC[C@H]1C[C@@H](O)[C@@H](O)[C@H](OCc2ccccc2)[C@@H]1OCc1ccccc1)(c1ccccc1)c1ccccc1. The molecule has 43 heavy (non-hydrogen) atoms. The van der Waals surface area contributed by atoms with E-state index in [1.165, 1.54) is 10.4 Å². The van der Waals surface area contributed by atoms with Crippen molar-refractivity contribution in [1.29, 1.82) is 0 Å². The number of hydrogen-bond donors (Lipinski definition) is 2. The lowest BCUT2D eigenvalue weighted by atomic mass is 9.81. The summed E-state index contributed by atoms with van der Waals surface area (Å²) in [6.07, 6.45) is -2.89. The van der Waals surface area contributed by atoms with Crippen LogP contribution in [0.25, 0.3) is 0 Å². The van der Waals surface area contributed by atoms with Crippen LogP contribution in [0.3, 0.4) is 0 Å². The molecule has 4 aromatic rings. The fourth-order valence-electron chi connectivity index (χ4n) is 6.38. The lowest BCUT2D eigenvalue weighted by Gasteiger charge is -2.47. The van der Waals surface area contributed by atoms with Gasteiger partial charge in [0.15, 0.2) is 0 Å². The van der Waals surface area contributed by atoms with Gasteiger partial charge in [-0.3, -0.25) is 0 Å². The lowest BCUT2D eigenvalue weighted by molar-refractivity contribution is -0.205. The van der Waals surface area contributed by atoms with Crippen molar-refractivity contribution in [1.82, 2.24) is 0 Å². The first kappa shape index (κ1) is 31.3. The molecule has 5 rings (SSSR count). The summed E-state index contributed by atoms with van der Waals surface area (Å²) in [6, 6.07) is 41.0. The lowest BCUT2D eigenvalue weighted by Crippen LogP contribution is -2.67. The molecule has 0 unspecified atom stereocenters. The third kappa shape index (κ3) is 7.18. The Morgan fingerprint density at radius 3 is 1.49 bits per heavy atom. The summed E-state index contributed by atoms with van der Waals surface area (Å²) >= 11 is 0. The minimum atomic E-state index is -2.82. The minimum Gasteiger partial charge on any atom is -0.407 e. The van der Waals surface area contributed by atoms with Gasteiger partial charge in [0.05, 0.1) is 25.4 Å². The van der Waals surface area contributed by atoms with Crippen LogP contribution in [0.1, 0.15) is 38.3 Å². The summed E-state index contributed by atoms with van der Waals surface area (Å²) in [6.45, 7) is 7.81. The number of ether oxygens (including phenoxy) is 2. The van der Waals surface area contributed by atoms with E-state index >= 15 is 0 Å². The molecule has 0 spiro atoms. The maximum atomic E-state index is 11.2. The number of hydrogen-bond acceptors (Lipinski definition) is 5. The van der Waals surface area contributed by atoms with Crippen molar-refractivity contribution < 1.29 is 24.1 Å². The predicted octanol–water partition coefficient (Wildman–Crippen LogP) is 5.48. The molecular weight excluding hydrogens is 552 g/mol. The van der Waals surface area contributed by atoms with Gasteiger partial charge in [0.2, 0.25) is 0 Å². The fraction of sp³-hybridized carbons (Fsp3) is 0.351. The van der Waals surface area contributed by atoms with E-state index in [1.54, 1.807) is 0 Å². The standard InChI is InChI=1S/C37H44O5Si/c1-37(2,3)43(31-20-12-6-13-21-31,32-22-14-7-15-23-32)42-27-30-24-33(38)34(39)36(41-26-29-18-10-5-11-19-29)35(30)40-25-28-16-8-4-9-17-28/h4-23,30,33-36,38-39H,24-27H2,1-3H3/t30-,33-,34-,35-,36+/m1/s1. The number of aliphatic hydroxyl groups excluding tert-OH is 2. The Morgan fingerprint density at radius 1 is 0.628 bits per heavy atom. The molecule has 1 aliphatic carbocycles. The van der Waals surface area contributed by atoms with Crippen LogP contribution in [0, 0.1) is 5.92 Å². The van der Waals surface area contributed by atoms with Gasteiger partial charge >= 0.3 is 0 Å². The Kier molecular flexibility index (Phi) is 10.3. The van der Waals surface area contributed by atoms with Gasteiger partial charge in [-0.15, -0.1) is 0 Å². The smallest absolute Gasteiger partial charge is 0.261 e. The van der Waals surface area contributed by atoms with Crippen LogP contribution in [0.2, 0.25) is 5.04 Å². The molecule has 0 aromatic heterocycles. The van der Waals surface area contributed by atoms with Crippen molar-refractivity contribution in [3.63, 3.8) is 0 Å². The zero-order chi connectivity index (χ0) is 30.3. The Labute approximate surface area is 257 Å². The molecule has 2 N–H and O–H groups in total. The molecule has 0 amide bonds. The van der Waals surface area contributed by atoms with Crippen LogP contribution >= 0.6 is 0 Å². The highest BCUT2D eigenvalue weighted by Crippen LogP contribution is 2.39. The zero-order valence-corrected chi connectivity index (χ0v) is 26.4. The van der Waals surface area contributed by atoms with Gasteiger partial charge in [-0.1, -0.05) is 142 Å². The van der Waals surface area contributed by atoms with Gasteiger partial charge in [0.25, 0.3) is 8.32 Å². The van der Waals surface area contributed by atoms with Crippen molar-refractivity contribution in [3.05, 3.63) is 132 Å². The first-order valence-electron chi connectivity index (χ1n) is 15.2. The van der Waals surface area contributed by atoms with E-state index in [0.29, 0.717) is 26.2 Å². The highest BCUT2D eigenvalue weighted by molar-refractivity contribution is 6.99. The van der Waals surface area contributed by atoms with E-state index in [4.69, 9.17) is 13.9 Å². The first-order valence-corrected chi connectivity index (χ1v) is 17.1. The van der Waals surface area contributed by atoms with Crippen molar-refractivity contribution in [2.75, 3.05) is 6.61 Å². The molecule has 0 saturated heterocycles. The maximum Gasteiger partial charge on any atom is 0.261 e. The second kappa shape index (κ2) is 14.1. The second-order valence-electron chi connectivity index (χ2n) is 12.6. The number of aliphatic hydroxyl groups is 2. The van der Waals surface area contributed by atoms with Crippen molar-refractivity contribution >= 4 is 18.7 Å². The summed E-state index contributed by atoms with van der Waals surface area (Å²) in [7, 11) is -2.82. The molecule has 1 fully saturated rings. The van der Waals surface area contributed by atoms with Crippen molar-refractivity contribution in [2.24, 2.45) is 5.92 Å². The molecule has 0 heterocycles. The molecule has 1 aliphatic rings. The van der Waals surface area contributed by atoms with E-state index in [0.717, 1.165) is 11.1 Å². The van der Waals surface area contributed by atoms with Crippen LogP contribution in [-0.4, -0.2) is 49.6 Å². The van der Waals surface area contributed by atoms with Crippen LogP contribution in [0.4, 0.5) is 0 Å². The van der Waals surface area contributed by atoms with Crippen LogP contribution in [0.15, 0.2) is 121 Å². The maximum absolute atomic E-state index is 11.2. The predicted molar refractivity (Wildman–Crippen MR) is 174 cm³/mol. The summed E-state index contributed by atoms with van der Waals surface area (Å²) in [5, 5.41) is 24.5. The molecule has 4 aromatic carbocycles. The highest BCUT2D eigenvalue weighted by Gasteiger charge is 2.52. The number of benzene rings is 4. The Hall–Kier alpha value is -3.10. The molecule has 0 bridgehead atoms. The summed E-state index contributed by atoms with van der Waals surface area (Å²) in [5.74, 6) is -0.204. The average Bonchev–Trinajstić information content (AvgIpc) is 3.03. The van der Waals surface area contributed by atoms with Crippen LogP contribution < -0.4 is 10.4 Å². The average molecular weight is 597 g/mol. The largest absolute Gasteiger partial charge is 0.407 e. The Morgan fingerprint density at radius 2 is 1.05 bits per heavy atom. The van der Waals surface area contributed by atoms with Crippen LogP contribution in [-0.2, 0) is 27.1 Å². The Bertz CT molecular complexity index is 1340. The molecule has 0 aliphatic heterocycles. The fourth-order valence-corrected chi connectivity index (χ4v) is 11.0. The third-order valence-electron chi connectivity index (χ3n) is 8.56. The van der Waals surface area contributed by atoms with Gasteiger partial charge in [-0.2, -0.15) is 0 Å². The highest BCUT2D eigenvalue weighted by atomic mass is 28.4. The van der Waals surface area contributed by atoms with E-state index < -0.39 is 32.7 Å². The summed E-state index contributed by atoms with van der Waals surface area (Å²) in [4.78, 5) is 0. The molecule has 1 saturated carbocycles. The molecular formula is C37H44O5Si. The molecule has 226 valence electrons. The third-order valence-corrected chi connectivity index (χ3v) is 13.6. The molecule has 0 radical (unpaired) electrons. The monoisotopic (exact) mass is 596 g/mol. The second-order valence-corrected chi connectivity index (χ2v) is 16.9. The van der Waals surface area contributed by atoms with Crippen LogP contribution in [0.5, 0.6) is 0 Å². The summed E-state index contributed by atoms with van der Waals surface area (Å²) < 4.78 is 20.3. The van der Waals surface area contributed by atoms with E-state index in [-0.39, 0.29) is 11.0 Å². The first-order chi connectivity index (χ1) is 20.8. The van der Waals surface area contributed by atoms with Crippen molar-refractivity contribution in [2.45, 2.75) is 69.9 Å². The van der Waals surface area contributed by atoms with E-state index in [9.17, 15) is 10.2 Å². The quantitative estimate of drug-likeness (QED) is 0.225. The molecule has 6 heteroatoms. The van der Waals surface area contributed by atoms with Gasteiger partial charge in [-0.25, -0.2) is 0 Å². The topological polar surface area (TPSA) is 68.2 Å². The van der Waals surface area contributed by atoms with Gasteiger partial charge < -0.3 is 24.1 Å². The van der Waals surface area contributed by atoms with Gasteiger partial charge in [0.1, 0.15) is 12.2 Å². The normalized spacial score (nSPS) is 22.8.